The van der Waals surface area contributed by atoms with Gasteiger partial charge in [-0.05, 0) is 30.9 Å². The van der Waals surface area contributed by atoms with Crippen molar-refractivity contribution in [2.75, 3.05) is 19.0 Å². The molecule has 15 heavy (non-hydrogen) atoms. The lowest BCUT2D eigenvalue weighted by Crippen LogP contribution is -2.12. The van der Waals surface area contributed by atoms with E-state index in [1.807, 2.05) is 12.1 Å². The molecule has 1 fully saturated rings. The first-order chi connectivity index (χ1) is 7.40. The van der Waals surface area contributed by atoms with Crippen LogP contribution in [-0.4, -0.2) is 18.6 Å². The van der Waals surface area contributed by atoms with Crippen molar-refractivity contribution in [3.63, 3.8) is 0 Å². The lowest BCUT2D eigenvalue weighted by molar-refractivity contribution is 0.414. The van der Waals surface area contributed by atoms with Crippen molar-refractivity contribution in [3.8, 4) is 5.75 Å². The molecule has 0 spiro atoms. The Hall–Kier alpha value is -1.25. The highest BCUT2D eigenvalue weighted by molar-refractivity contribution is 5.49. The smallest absolute Gasteiger partial charge is 0.168 e. The third-order valence-corrected chi connectivity index (χ3v) is 3.02. The summed E-state index contributed by atoms with van der Waals surface area (Å²) >= 11 is 0. The molecule has 1 aliphatic rings. The van der Waals surface area contributed by atoms with Crippen molar-refractivity contribution >= 4 is 5.82 Å². The van der Waals surface area contributed by atoms with Gasteiger partial charge in [-0.15, -0.1) is 0 Å². The van der Waals surface area contributed by atoms with Crippen LogP contribution in [0.3, 0.4) is 0 Å². The second kappa shape index (κ2) is 5.01. The molecule has 0 bridgehead atoms. The van der Waals surface area contributed by atoms with E-state index < -0.39 is 0 Å². The second-order valence-electron chi connectivity index (χ2n) is 4.09. The molecule has 0 radical (unpaired) electrons. The highest BCUT2D eigenvalue weighted by Crippen LogP contribution is 2.26. The number of hydrogen-bond donors (Lipinski definition) is 1. The van der Waals surface area contributed by atoms with Crippen molar-refractivity contribution in [3.05, 3.63) is 18.3 Å². The average molecular weight is 206 g/mol. The molecule has 3 nitrogen and oxygen atoms in total. The standard InChI is InChI=1S/C12H18N2O/c1-15-11-7-4-8-13-12(11)14-9-10-5-2-3-6-10/h4,7-8,10H,2-3,5-6,9H2,1H3,(H,13,14). The largest absolute Gasteiger partial charge is 0.493 e. The van der Waals surface area contributed by atoms with Gasteiger partial charge in [0.1, 0.15) is 0 Å². The van der Waals surface area contributed by atoms with Gasteiger partial charge < -0.3 is 10.1 Å². The molecule has 1 saturated carbocycles. The van der Waals surface area contributed by atoms with Crippen molar-refractivity contribution < 1.29 is 4.74 Å². The summed E-state index contributed by atoms with van der Waals surface area (Å²) in [5, 5.41) is 3.37. The van der Waals surface area contributed by atoms with E-state index in [4.69, 9.17) is 4.74 Å². The van der Waals surface area contributed by atoms with E-state index in [0.717, 1.165) is 24.0 Å². The quantitative estimate of drug-likeness (QED) is 0.822. The zero-order chi connectivity index (χ0) is 10.5. The molecule has 1 N–H and O–H groups in total. The number of anilines is 1. The van der Waals surface area contributed by atoms with Gasteiger partial charge in [0.25, 0.3) is 0 Å². The summed E-state index contributed by atoms with van der Waals surface area (Å²) in [6.07, 6.45) is 7.25. The molecule has 82 valence electrons. The van der Waals surface area contributed by atoms with Gasteiger partial charge in [0.05, 0.1) is 7.11 Å². The van der Waals surface area contributed by atoms with Crippen LogP contribution in [-0.2, 0) is 0 Å². The fourth-order valence-electron chi connectivity index (χ4n) is 2.14. The van der Waals surface area contributed by atoms with Crippen LogP contribution < -0.4 is 10.1 Å². The number of methoxy groups -OCH3 is 1. The van der Waals surface area contributed by atoms with Crippen molar-refractivity contribution in [2.45, 2.75) is 25.7 Å². The Bertz CT molecular complexity index is 308. The number of nitrogens with one attached hydrogen (secondary N) is 1. The molecule has 0 aliphatic heterocycles. The third kappa shape index (κ3) is 2.61. The molecule has 1 aliphatic carbocycles. The Labute approximate surface area is 90.9 Å². The van der Waals surface area contributed by atoms with Crippen molar-refractivity contribution in [1.82, 2.24) is 4.98 Å². The predicted molar refractivity (Wildman–Crippen MR) is 61.2 cm³/mol. The highest BCUT2D eigenvalue weighted by atomic mass is 16.5. The topological polar surface area (TPSA) is 34.1 Å². The summed E-state index contributed by atoms with van der Waals surface area (Å²) < 4.78 is 5.24. The van der Waals surface area contributed by atoms with Crippen LogP contribution in [0.4, 0.5) is 5.82 Å². The van der Waals surface area contributed by atoms with Crippen molar-refractivity contribution in [2.24, 2.45) is 5.92 Å². The number of aromatic nitrogens is 1. The molecule has 0 atom stereocenters. The Morgan fingerprint density at radius 2 is 2.27 bits per heavy atom. The minimum atomic E-state index is 0.816. The average Bonchev–Trinajstić information content (AvgIpc) is 2.79. The van der Waals surface area contributed by atoms with Crippen LogP contribution in [0.1, 0.15) is 25.7 Å². The fraction of sp³-hybridized carbons (Fsp3) is 0.583. The van der Waals surface area contributed by atoms with Crippen molar-refractivity contribution in [1.29, 1.82) is 0 Å². The summed E-state index contributed by atoms with van der Waals surface area (Å²) in [6.45, 7) is 1.02. The van der Waals surface area contributed by atoms with Crippen LogP contribution in [0.2, 0.25) is 0 Å². The number of nitrogens with zero attached hydrogens (tertiary/aromatic N) is 1. The summed E-state index contributed by atoms with van der Waals surface area (Å²) in [4.78, 5) is 4.27. The molecular formula is C12H18N2O. The molecule has 1 heterocycles. The number of ether oxygens (including phenoxy) is 1. The third-order valence-electron chi connectivity index (χ3n) is 3.02. The maximum absolute atomic E-state index is 5.24. The van der Waals surface area contributed by atoms with Crippen LogP contribution in [0, 0.1) is 5.92 Å². The van der Waals surface area contributed by atoms with E-state index in [2.05, 4.69) is 10.3 Å². The molecule has 0 unspecified atom stereocenters. The Kier molecular flexibility index (Phi) is 3.43. The van der Waals surface area contributed by atoms with E-state index in [9.17, 15) is 0 Å². The first kappa shape index (κ1) is 10.3. The zero-order valence-corrected chi connectivity index (χ0v) is 9.20. The molecule has 2 rings (SSSR count). The van der Waals surface area contributed by atoms with E-state index in [1.165, 1.54) is 25.7 Å². The SMILES string of the molecule is COc1cccnc1NCC1CCCC1. The monoisotopic (exact) mass is 206 g/mol. The minimum absolute atomic E-state index is 0.816. The Balaban J connectivity index is 1.91. The van der Waals surface area contributed by atoms with Crippen LogP contribution in [0.25, 0.3) is 0 Å². The molecule has 0 amide bonds. The summed E-state index contributed by atoms with van der Waals surface area (Å²) in [7, 11) is 1.68. The van der Waals surface area contributed by atoms with Crippen LogP contribution in [0.15, 0.2) is 18.3 Å². The van der Waals surface area contributed by atoms with Gasteiger partial charge in [0, 0.05) is 12.7 Å². The molecule has 1 aromatic rings. The maximum Gasteiger partial charge on any atom is 0.168 e. The first-order valence-electron chi connectivity index (χ1n) is 5.63. The number of rotatable bonds is 4. The Morgan fingerprint density at radius 3 is 3.00 bits per heavy atom. The molecular weight excluding hydrogens is 188 g/mol. The van der Waals surface area contributed by atoms with Gasteiger partial charge >= 0.3 is 0 Å². The van der Waals surface area contributed by atoms with Gasteiger partial charge in [-0.25, -0.2) is 4.98 Å². The van der Waals surface area contributed by atoms with Gasteiger partial charge in [0.15, 0.2) is 11.6 Å². The molecule has 1 aromatic heterocycles. The van der Waals surface area contributed by atoms with Gasteiger partial charge in [0.2, 0.25) is 0 Å². The summed E-state index contributed by atoms with van der Waals surface area (Å²) in [5.74, 6) is 2.51. The minimum Gasteiger partial charge on any atom is -0.493 e. The maximum atomic E-state index is 5.24. The van der Waals surface area contributed by atoms with Gasteiger partial charge in [-0.3, -0.25) is 0 Å². The van der Waals surface area contributed by atoms with Crippen LogP contribution >= 0.6 is 0 Å². The number of pyridine rings is 1. The van der Waals surface area contributed by atoms with E-state index in [-0.39, 0.29) is 0 Å². The Morgan fingerprint density at radius 1 is 1.47 bits per heavy atom. The number of hydrogen-bond acceptors (Lipinski definition) is 3. The highest BCUT2D eigenvalue weighted by Gasteiger charge is 2.15. The zero-order valence-electron chi connectivity index (χ0n) is 9.20. The van der Waals surface area contributed by atoms with E-state index in [0.29, 0.717) is 0 Å². The first-order valence-corrected chi connectivity index (χ1v) is 5.63. The van der Waals surface area contributed by atoms with Gasteiger partial charge in [-0.2, -0.15) is 0 Å². The summed E-state index contributed by atoms with van der Waals surface area (Å²) in [5.41, 5.74) is 0. The predicted octanol–water partition coefficient (Wildman–Crippen LogP) is 2.69. The fourth-order valence-corrected chi connectivity index (χ4v) is 2.14. The van der Waals surface area contributed by atoms with Crippen LogP contribution in [0.5, 0.6) is 5.75 Å². The second-order valence-corrected chi connectivity index (χ2v) is 4.09. The summed E-state index contributed by atoms with van der Waals surface area (Å²) in [6, 6.07) is 3.82. The normalized spacial score (nSPS) is 16.6. The van der Waals surface area contributed by atoms with Gasteiger partial charge in [-0.1, -0.05) is 12.8 Å². The lowest BCUT2D eigenvalue weighted by Gasteiger charge is -2.13. The molecule has 0 aromatic carbocycles. The van der Waals surface area contributed by atoms with E-state index >= 15 is 0 Å². The molecule has 3 heteroatoms. The molecule has 0 saturated heterocycles. The van der Waals surface area contributed by atoms with E-state index in [1.54, 1.807) is 13.3 Å². The lowest BCUT2D eigenvalue weighted by atomic mass is 10.1.